The molecule has 0 aliphatic carbocycles. The van der Waals surface area contributed by atoms with E-state index < -0.39 is 0 Å². The van der Waals surface area contributed by atoms with Gasteiger partial charge in [-0.25, -0.2) is 0 Å². The van der Waals surface area contributed by atoms with Gasteiger partial charge in [-0.1, -0.05) is 35.9 Å². The number of hydrogen-bond acceptors (Lipinski definition) is 2. The highest BCUT2D eigenvalue weighted by Gasteiger charge is 2.18. The monoisotopic (exact) mass is 342 g/mol. The smallest absolute Gasteiger partial charge is 0.122 e. The van der Waals surface area contributed by atoms with Crippen LogP contribution in [0, 0.1) is 0 Å². The molecule has 0 saturated heterocycles. The van der Waals surface area contributed by atoms with Crippen LogP contribution in [0.3, 0.4) is 0 Å². The molecule has 0 spiro atoms. The summed E-state index contributed by atoms with van der Waals surface area (Å²) < 4.78 is 7.88. The summed E-state index contributed by atoms with van der Waals surface area (Å²) in [5.74, 6) is 1.18. The van der Waals surface area contributed by atoms with Crippen LogP contribution >= 0.6 is 11.6 Å². The van der Waals surface area contributed by atoms with Crippen molar-refractivity contribution in [3.05, 3.63) is 64.8 Å². The van der Waals surface area contributed by atoms with Gasteiger partial charge in [0.2, 0.25) is 0 Å². The largest absolute Gasteiger partial charge is 0.494 e. The highest BCUT2D eigenvalue weighted by atomic mass is 35.5. The van der Waals surface area contributed by atoms with Gasteiger partial charge in [-0.05, 0) is 49.2 Å². The molecule has 3 nitrogen and oxygen atoms in total. The Bertz CT molecular complexity index is 841. The minimum atomic E-state index is 0.233. The van der Waals surface area contributed by atoms with E-state index in [4.69, 9.17) is 22.1 Å². The van der Waals surface area contributed by atoms with Gasteiger partial charge in [0, 0.05) is 35.1 Å². The minimum Gasteiger partial charge on any atom is -0.494 e. The molecule has 1 atom stereocenters. The maximum atomic E-state index is 6.14. The number of nitrogens with two attached hydrogens (primary N) is 1. The first kappa shape index (κ1) is 16.9. The van der Waals surface area contributed by atoms with Gasteiger partial charge in [-0.15, -0.1) is 0 Å². The zero-order chi connectivity index (χ0) is 17.1. The lowest BCUT2D eigenvalue weighted by Gasteiger charge is -2.17. The molecule has 2 N–H and O–H groups in total. The number of nitrogens with zero attached hydrogens (tertiary/aromatic N) is 1. The van der Waals surface area contributed by atoms with E-state index in [1.54, 1.807) is 0 Å². The Morgan fingerprint density at radius 1 is 1.21 bits per heavy atom. The van der Waals surface area contributed by atoms with Gasteiger partial charge >= 0.3 is 0 Å². The fourth-order valence-corrected chi connectivity index (χ4v) is 3.43. The lowest BCUT2D eigenvalue weighted by atomic mass is 9.91. The van der Waals surface area contributed by atoms with Crippen molar-refractivity contribution in [2.45, 2.75) is 19.3 Å². The van der Waals surface area contributed by atoms with Crippen LogP contribution in [0.4, 0.5) is 0 Å². The second-order valence-electron chi connectivity index (χ2n) is 6.03. The van der Waals surface area contributed by atoms with Crippen LogP contribution in [0.2, 0.25) is 5.02 Å². The molecule has 24 heavy (non-hydrogen) atoms. The van der Waals surface area contributed by atoms with Crippen LogP contribution in [0.1, 0.15) is 24.0 Å². The summed E-state index contributed by atoms with van der Waals surface area (Å²) in [6, 6.07) is 14.2. The molecule has 1 heterocycles. The van der Waals surface area contributed by atoms with Crippen LogP contribution in [0.15, 0.2) is 48.7 Å². The zero-order valence-electron chi connectivity index (χ0n) is 14.1. The van der Waals surface area contributed by atoms with Crippen molar-refractivity contribution in [2.24, 2.45) is 12.8 Å². The Morgan fingerprint density at radius 3 is 2.75 bits per heavy atom. The molecule has 1 unspecified atom stereocenters. The normalized spacial score (nSPS) is 12.5. The highest BCUT2D eigenvalue weighted by Crippen LogP contribution is 2.32. The summed E-state index contributed by atoms with van der Waals surface area (Å²) in [6.45, 7) is 3.25. The summed E-state index contributed by atoms with van der Waals surface area (Å²) in [5, 5.41) is 1.97. The predicted molar refractivity (Wildman–Crippen MR) is 101 cm³/mol. The van der Waals surface area contributed by atoms with Crippen LogP contribution in [0.25, 0.3) is 10.9 Å². The molecule has 3 aromatic rings. The second-order valence-corrected chi connectivity index (χ2v) is 6.47. The number of para-hydroxylation sites is 1. The average molecular weight is 343 g/mol. The Labute approximate surface area is 148 Å². The summed E-state index contributed by atoms with van der Waals surface area (Å²) in [7, 11) is 2.05. The molecule has 0 radical (unpaired) electrons. The summed E-state index contributed by atoms with van der Waals surface area (Å²) in [5.41, 5.74) is 9.72. The lowest BCUT2D eigenvalue weighted by molar-refractivity contribution is 0.335. The first-order valence-corrected chi connectivity index (χ1v) is 8.67. The van der Waals surface area contributed by atoms with E-state index in [0.29, 0.717) is 13.2 Å². The third-order valence-electron chi connectivity index (χ3n) is 4.45. The van der Waals surface area contributed by atoms with E-state index in [9.17, 15) is 0 Å². The number of aryl methyl sites for hydroxylation is 1. The fourth-order valence-electron chi connectivity index (χ4n) is 3.27. The van der Waals surface area contributed by atoms with E-state index >= 15 is 0 Å². The molecule has 4 heteroatoms. The van der Waals surface area contributed by atoms with Crippen LogP contribution in [-0.2, 0) is 13.5 Å². The maximum Gasteiger partial charge on any atom is 0.122 e. The SMILES string of the molecule is CCOc1ccccc1CC(CN)c1cn(C)c2cc(Cl)ccc12. The van der Waals surface area contributed by atoms with E-state index in [2.05, 4.69) is 22.9 Å². The van der Waals surface area contributed by atoms with E-state index in [1.165, 1.54) is 16.5 Å². The van der Waals surface area contributed by atoms with Gasteiger partial charge in [0.25, 0.3) is 0 Å². The summed E-state index contributed by atoms with van der Waals surface area (Å²) in [6.07, 6.45) is 3.02. The number of ether oxygens (including phenoxy) is 1. The van der Waals surface area contributed by atoms with Crippen molar-refractivity contribution in [1.29, 1.82) is 0 Å². The highest BCUT2D eigenvalue weighted by molar-refractivity contribution is 6.31. The zero-order valence-corrected chi connectivity index (χ0v) is 14.9. The van der Waals surface area contributed by atoms with Crippen LogP contribution in [-0.4, -0.2) is 17.7 Å². The van der Waals surface area contributed by atoms with Crippen molar-refractivity contribution in [3.63, 3.8) is 0 Å². The van der Waals surface area contributed by atoms with E-state index in [1.807, 2.05) is 44.3 Å². The first-order valence-electron chi connectivity index (χ1n) is 8.29. The third kappa shape index (κ3) is 3.28. The molecule has 2 aromatic carbocycles. The van der Waals surface area contributed by atoms with Crippen molar-refractivity contribution in [2.75, 3.05) is 13.2 Å². The van der Waals surface area contributed by atoms with E-state index in [0.717, 1.165) is 22.7 Å². The lowest BCUT2D eigenvalue weighted by Crippen LogP contribution is -2.15. The molecule has 0 bridgehead atoms. The van der Waals surface area contributed by atoms with Gasteiger partial charge < -0.3 is 15.0 Å². The molecule has 0 fully saturated rings. The molecule has 1 aromatic heterocycles. The first-order chi connectivity index (χ1) is 11.6. The molecule has 0 amide bonds. The Hall–Kier alpha value is -1.97. The van der Waals surface area contributed by atoms with E-state index in [-0.39, 0.29) is 5.92 Å². The van der Waals surface area contributed by atoms with Crippen molar-refractivity contribution in [1.82, 2.24) is 4.57 Å². The molecule has 0 aliphatic heterocycles. The molecule has 3 rings (SSSR count). The van der Waals surface area contributed by atoms with Gasteiger partial charge in [-0.3, -0.25) is 0 Å². The molecular formula is C20H23ClN2O. The number of hydrogen-bond donors (Lipinski definition) is 1. The number of halogens is 1. The number of fused-ring (bicyclic) bond motifs is 1. The standard InChI is InChI=1S/C20H23ClN2O/c1-3-24-20-7-5-4-6-14(20)10-15(12-22)18-13-23(2)19-11-16(21)8-9-17(18)19/h4-9,11,13,15H,3,10,12,22H2,1-2H3. The maximum absolute atomic E-state index is 6.14. The Kier molecular flexibility index (Phi) is 5.12. The molecule has 126 valence electrons. The Balaban J connectivity index is 1.98. The van der Waals surface area contributed by atoms with Gasteiger partial charge in [-0.2, -0.15) is 0 Å². The number of benzene rings is 2. The predicted octanol–water partition coefficient (Wildman–Crippen LogP) is 4.52. The van der Waals surface area contributed by atoms with Crippen molar-refractivity contribution < 1.29 is 4.74 Å². The molecule has 0 saturated carbocycles. The average Bonchev–Trinajstić information content (AvgIpc) is 2.90. The second kappa shape index (κ2) is 7.29. The van der Waals surface area contributed by atoms with Gasteiger partial charge in [0.15, 0.2) is 0 Å². The van der Waals surface area contributed by atoms with Crippen molar-refractivity contribution in [3.8, 4) is 5.75 Å². The number of aromatic nitrogens is 1. The summed E-state index contributed by atoms with van der Waals surface area (Å²) >= 11 is 6.14. The molecule has 0 aliphatic rings. The van der Waals surface area contributed by atoms with Crippen molar-refractivity contribution >= 4 is 22.5 Å². The Morgan fingerprint density at radius 2 is 2.00 bits per heavy atom. The summed E-state index contributed by atoms with van der Waals surface area (Å²) in [4.78, 5) is 0. The quantitative estimate of drug-likeness (QED) is 0.715. The van der Waals surface area contributed by atoms with Gasteiger partial charge in [0.1, 0.15) is 5.75 Å². The van der Waals surface area contributed by atoms with Crippen LogP contribution in [0.5, 0.6) is 5.75 Å². The fraction of sp³-hybridized carbons (Fsp3) is 0.300. The topological polar surface area (TPSA) is 40.2 Å². The van der Waals surface area contributed by atoms with Gasteiger partial charge in [0.05, 0.1) is 6.61 Å². The third-order valence-corrected chi connectivity index (χ3v) is 4.68. The number of rotatable bonds is 6. The minimum absolute atomic E-state index is 0.233. The van der Waals surface area contributed by atoms with Crippen LogP contribution < -0.4 is 10.5 Å². The molecular weight excluding hydrogens is 320 g/mol.